The van der Waals surface area contributed by atoms with E-state index in [1.165, 1.54) is 11.3 Å². The average Bonchev–Trinajstić information content (AvgIpc) is 3.08. The molecule has 5 nitrogen and oxygen atoms in total. The first-order chi connectivity index (χ1) is 9.26. The Hall–Kier alpha value is -2.34. The van der Waals surface area contributed by atoms with E-state index in [0.717, 1.165) is 16.2 Å². The van der Waals surface area contributed by atoms with Crippen LogP contribution in [-0.2, 0) is 0 Å². The number of rotatable bonds is 3. The minimum Gasteiger partial charge on any atom is -0.508 e. The first-order valence-corrected chi connectivity index (χ1v) is 6.40. The maximum atomic E-state index is 9.24. The van der Waals surface area contributed by atoms with Crippen molar-refractivity contribution in [2.75, 3.05) is 7.11 Å². The van der Waals surface area contributed by atoms with Gasteiger partial charge in [-0.15, -0.1) is 11.3 Å². The largest absolute Gasteiger partial charge is 0.508 e. The fourth-order valence-electron chi connectivity index (χ4n) is 1.59. The highest BCUT2D eigenvalue weighted by Gasteiger charge is 2.12. The van der Waals surface area contributed by atoms with Crippen molar-refractivity contribution in [1.82, 2.24) is 10.1 Å². The van der Waals surface area contributed by atoms with Gasteiger partial charge in [0.1, 0.15) is 11.5 Å². The number of aromatic hydroxyl groups is 1. The predicted octanol–water partition coefficient (Wildman–Crippen LogP) is 3.18. The van der Waals surface area contributed by atoms with Crippen LogP contribution in [0.2, 0.25) is 0 Å². The van der Waals surface area contributed by atoms with E-state index in [9.17, 15) is 5.11 Å². The summed E-state index contributed by atoms with van der Waals surface area (Å²) in [7, 11) is 1.61. The summed E-state index contributed by atoms with van der Waals surface area (Å²) in [5.74, 6) is 1.92. The van der Waals surface area contributed by atoms with Crippen LogP contribution in [0.4, 0.5) is 0 Å². The molecule has 96 valence electrons. The Balaban J connectivity index is 1.92. The zero-order chi connectivity index (χ0) is 13.2. The fourth-order valence-corrected chi connectivity index (χ4v) is 2.36. The third-order valence-electron chi connectivity index (χ3n) is 2.57. The van der Waals surface area contributed by atoms with E-state index in [0.29, 0.717) is 11.7 Å². The molecular weight excluding hydrogens is 264 g/mol. The molecular formula is C13H10N2O3S. The van der Waals surface area contributed by atoms with E-state index >= 15 is 0 Å². The van der Waals surface area contributed by atoms with Crippen molar-refractivity contribution in [2.45, 2.75) is 0 Å². The van der Waals surface area contributed by atoms with E-state index in [2.05, 4.69) is 10.1 Å². The molecule has 3 aromatic rings. The first-order valence-electron chi connectivity index (χ1n) is 5.52. The fraction of sp³-hybridized carbons (Fsp3) is 0.0769. The lowest BCUT2D eigenvalue weighted by Crippen LogP contribution is -1.79. The van der Waals surface area contributed by atoms with Crippen molar-refractivity contribution in [3.8, 4) is 33.7 Å². The van der Waals surface area contributed by atoms with E-state index in [1.54, 1.807) is 31.4 Å². The van der Waals surface area contributed by atoms with Crippen LogP contribution < -0.4 is 4.74 Å². The molecule has 3 rings (SSSR count). The maximum Gasteiger partial charge on any atom is 0.268 e. The van der Waals surface area contributed by atoms with E-state index in [-0.39, 0.29) is 5.75 Å². The van der Waals surface area contributed by atoms with E-state index in [1.807, 2.05) is 11.4 Å². The maximum absolute atomic E-state index is 9.24. The summed E-state index contributed by atoms with van der Waals surface area (Å²) in [5.41, 5.74) is 0.788. The minimum absolute atomic E-state index is 0.204. The van der Waals surface area contributed by atoms with Crippen LogP contribution in [0, 0.1) is 0 Å². The van der Waals surface area contributed by atoms with Gasteiger partial charge in [-0.05, 0) is 24.3 Å². The third kappa shape index (κ3) is 2.30. The van der Waals surface area contributed by atoms with Crippen LogP contribution in [-0.4, -0.2) is 22.4 Å². The Morgan fingerprint density at radius 2 is 2.05 bits per heavy atom. The smallest absolute Gasteiger partial charge is 0.268 e. The molecule has 1 N–H and O–H groups in total. The highest BCUT2D eigenvalue weighted by Crippen LogP contribution is 2.31. The molecule has 0 saturated heterocycles. The number of benzene rings is 1. The minimum atomic E-state index is 0.204. The number of hydrogen-bond donors (Lipinski definition) is 1. The topological polar surface area (TPSA) is 68.4 Å². The van der Waals surface area contributed by atoms with Gasteiger partial charge in [0, 0.05) is 17.0 Å². The zero-order valence-corrected chi connectivity index (χ0v) is 10.8. The van der Waals surface area contributed by atoms with Gasteiger partial charge in [0.05, 0.1) is 12.0 Å². The van der Waals surface area contributed by atoms with Gasteiger partial charge in [0.25, 0.3) is 5.89 Å². The Morgan fingerprint density at radius 1 is 1.26 bits per heavy atom. The summed E-state index contributed by atoms with van der Waals surface area (Å²) in [6, 6.07) is 8.48. The summed E-state index contributed by atoms with van der Waals surface area (Å²) in [4.78, 5) is 5.18. The van der Waals surface area contributed by atoms with Crippen molar-refractivity contribution in [2.24, 2.45) is 0 Å². The van der Waals surface area contributed by atoms with E-state index in [4.69, 9.17) is 9.26 Å². The molecule has 0 fully saturated rings. The highest BCUT2D eigenvalue weighted by molar-refractivity contribution is 7.13. The first kappa shape index (κ1) is 11.7. The molecule has 19 heavy (non-hydrogen) atoms. The molecule has 0 aliphatic rings. The lowest BCUT2D eigenvalue weighted by molar-refractivity contribution is 0.415. The monoisotopic (exact) mass is 274 g/mol. The second-order valence-corrected chi connectivity index (χ2v) is 4.73. The van der Waals surface area contributed by atoms with Crippen molar-refractivity contribution in [1.29, 1.82) is 0 Å². The summed E-state index contributed by atoms with van der Waals surface area (Å²) in [6.07, 6.45) is 0. The molecule has 0 saturated carbocycles. The van der Waals surface area contributed by atoms with Gasteiger partial charge in [-0.1, -0.05) is 5.16 Å². The molecule has 0 bridgehead atoms. The molecule has 0 radical (unpaired) electrons. The Bertz CT molecular complexity index is 688. The molecule has 0 spiro atoms. The van der Waals surface area contributed by atoms with Gasteiger partial charge in [0.2, 0.25) is 5.82 Å². The zero-order valence-electron chi connectivity index (χ0n) is 10.0. The number of phenols is 1. The van der Waals surface area contributed by atoms with E-state index < -0.39 is 0 Å². The molecule has 0 amide bonds. The molecule has 2 aromatic heterocycles. The van der Waals surface area contributed by atoms with Crippen LogP contribution in [0.3, 0.4) is 0 Å². The highest BCUT2D eigenvalue weighted by atomic mass is 32.1. The number of methoxy groups -OCH3 is 1. The number of ether oxygens (including phenoxy) is 1. The van der Waals surface area contributed by atoms with Crippen LogP contribution in [0.25, 0.3) is 22.2 Å². The van der Waals surface area contributed by atoms with Gasteiger partial charge in [-0.2, -0.15) is 4.98 Å². The van der Waals surface area contributed by atoms with Crippen LogP contribution in [0.5, 0.6) is 11.5 Å². The van der Waals surface area contributed by atoms with Gasteiger partial charge < -0.3 is 14.4 Å². The number of aromatic nitrogens is 2. The molecule has 1 aromatic carbocycles. The van der Waals surface area contributed by atoms with Crippen molar-refractivity contribution in [3.63, 3.8) is 0 Å². The average molecular weight is 274 g/mol. The Morgan fingerprint density at radius 3 is 2.74 bits per heavy atom. The van der Waals surface area contributed by atoms with Crippen LogP contribution in [0.1, 0.15) is 0 Å². The van der Waals surface area contributed by atoms with Gasteiger partial charge in [0.15, 0.2) is 0 Å². The summed E-state index contributed by atoms with van der Waals surface area (Å²) < 4.78 is 10.3. The lowest BCUT2D eigenvalue weighted by Gasteiger charge is -1.93. The summed E-state index contributed by atoms with van der Waals surface area (Å²) in [6.45, 7) is 0. The second-order valence-electron chi connectivity index (χ2n) is 3.82. The van der Waals surface area contributed by atoms with Crippen molar-refractivity contribution in [3.05, 3.63) is 35.7 Å². The van der Waals surface area contributed by atoms with Gasteiger partial charge in [-0.3, -0.25) is 0 Å². The Labute approximate surface area is 113 Å². The standard InChI is InChI=1S/C13H10N2O3S/c1-17-10-6-11(19-7-10)13-14-12(15-18-13)8-2-4-9(16)5-3-8/h2-7,16H,1H3. The Kier molecular flexibility index (Phi) is 2.92. The third-order valence-corrected chi connectivity index (χ3v) is 3.47. The SMILES string of the molecule is COc1csc(-c2nc(-c3ccc(O)cc3)no2)c1. The quantitative estimate of drug-likeness (QED) is 0.794. The second kappa shape index (κ2) is 4.74. The van der Waals surface area contributed by atoms with Crippen molar-refractivity contribution < 1.29 is 14.4 Å². The summed E-state index contributed by atoms with van der Waals surface area (Å²) in [5, 5.41) is 15.0. The number of hydrogen-bond acceptors (Lipinski definition) is 6. The van der Waals surface area contributed by atoms with Gasteiger partial charge >= 0.3 is 0 Å². The molecule has 0 aliphatic heterocycles. The van der Waals surface area contributed by atoms with Gasteiger partial charge in [-0.25, -0.2) is 0 Å². The number of thiophene rings is 1. The van der Waals surface area contributed by atoms with Crippen molar-refractivity contribution >= 4 is 11.3 Å². The molecule has 0 unspecified atom stereocenters. The number of phenolic OH excluding ortho intramolecular Hbond substituents is 1. The van der Waals surface area contributed by atoms with Crippen LogP contribution in [0.15, 0.2) is 40.2 Å². The lowest BCUT2D eigenvalue weighted by atomic mass is 10.2. The summed E-state index contributed by atoms with van der Waals surface area (Å²) >= 11 is 1.48. The number of nitrogens with zero attached hydrogens (tertiary/aromatic N) is 2. The molecule has 6 heteroatoms. The molecule has 0 atom stereocenters. The predicted molar refractivity (Wildman–Crippen MR) is 71.3 cm³/mol. The molecule has 0 aliphatic carbocycles. The normalized spacial score (nSPS) is 10.6. The van der Waals surface area contributed by atoms with Crippen LogP contribution >= 0.6 is 11.3 Å². The molecule has 2 heterocycles.